The molecule has 24 heavy (non-hydrogen) atoms. The summed E-state index contributed by atoms with van der Waals surface area (Å²) in [6.45, 7) is 7.31. The number of nitrogens with one attached hydrogen (secondary N) is 2. The van der Waals surface area contributed by atoms with E-state index in [0.717, 1.165) is 0 Å². The molecule has 0 saturated heterocycles. The minimum Gasteiger partial charge on any atom is -0.494 e. The fourth-order valence-corrected chi connectivity index (χ4v) is 1.99. The van der Waals surface area contributed by atoms with E-state index in [1.54, 1.807) is 38.1 Å². The number of benzene rings is 1. The van der Waals surface area contributed by atoms with Gasteiger partial charge in [0.15, 0.2) is 0 Å². The van der Waals surface area contributed by atoms with Crippen molar-refractivity contribution in [2.45, 2.75) is 39.8 Å². The molecule has 2 atom stereocenters. The molecule has 0 saturated carbocycles. The summed E-state index contributed by atoms with van der Waals surface area (Å²) in [4.78, 5) is 35.3. The van der Waals surface area contributed by atoms with Crippen LogP contribution in [0.4, 0.5) is 0 Å². The van der Waals surface area contributed by atoms with Crippen LogP contribution in [0.2, 0.25) is 0 Å². The molecule has 0 radical (unpaired) electrons. The lowest BCUT2D eigenvalue weighted by molar-refractivity contribution is -0.141. The van der Waals surface area contributed by atoms with Gasteiger partial charge in [-0.15, -0.1) is 0 Å². The maximum atomic E-state index is 12.3. The Bertz CT molecular complexity index is 583. The first-order valence-corrected chi connectivity index (χ1v) is 7.83. The summed E-state index contributed by atoms with van der Waals surface area (Å²) in [5.74, 6) is -1.61. The average Bonchev–Trinajstić information content (AvgIpc) is 2.52. The predicted molar refractivity (Wildman–Crippen MR) is 88.9 cm³/mol. The number of carboxylic acids is 1. The second kappa shape index (κ2) is 8.90. The van der Waals surface area contributed by atoms with Gasteiger partial charge in [-0.05, 0) is 44.0 Å². The SMILES string of the molecule is CCOc1ccc(C(=O)NC(C(=O)N[C@H](C)C(=O)O)C(C)C)cc1. The van der Waals surface area contributed by atoms with E-state index in [0.29, 0.717) is 17.9 Å². The number of aliphatic carboxylic acids is 1. The second-order valence-electron chi connectivity index (χ2n) is 5.72. The van der Waals surface area contributed by atoms with Gasteiger partial charge in [0.1, 0.15) is 17.8 Å². The molecule has 1 unspecified atom stereocenters. The second-order valence-corrected chi connectivity index (χ2v) is 5.72. The van der Waals surface area contributed by atoms with E-state index in [9.17, 15) is 14.4 Å². The molecule has 1 aromatic rings. The Kier molecular flexibility index (Phi) is 7.23. The van der Waals surface area contributed by atoms with Crippen LogP contribution in [0.25, 0.3) is 0 Å². The van der Waals surface area contributed by atoms with E-state index in [1.165, 1.54) is 6.92 Å². The summed E-state index contributed by atoms with van der Waals surface area (Å²) in [7, 11) is 0. The zero-order valence-corrected chi connectivity index (χ0v) is 14.3. The minimum atomic E-state index is -1.14. The molecule has 7 nitrogen and oxygen atoms in total. The lowest BCUT2D eigenvalue weighted by Gasteiger charge is -2.23. The first kappa shape index (κ1) is 19.5. The Morgan fingerprint density at radius 1 is 1.08 bits per heavy atom. The van der Waals surface area contributed by atoms with Gasteiger partial charge in [-0.1, -0.05) is 13.8 Å². The standard InChI is InChI=1S/C17H24N2O5/c1-5-24-13-8-6-12(7-9-13)15(20)19-14(10(2)3)16(21)18-11(4)17(22)23/h6-11,14H,5H2,1-4H3,(H,18,21)(H,19,20)(H,22,23)/t11-,14?/m1/s1. The van der Waals surface area contributed by atoms with Gasteiger partial charge in [0, 0.05) is 5.56 Å². The normalized spacial score (nSPS) is 13.0. The van der Waals surface area contributed by atoms with Crippen LogP contribution >= 0.6 is 0 Å². The highest BCUT2D eigenvalue weighted by Gasteiger charge is 2.27. The first-order valence-electron chi connectivity index (χ1n) is 7.83. The van der Waals surface area contributed by atoms with Crippen molar-refractivity contribution in [1.82, 2.24) is 10.6 Å². The Morgan fingerprint density at radius 2 is 1.67 bits per heavy atom. The van der Waals surface area contributed by atoms with Crippen LogP contribution in [-0.2, 0) is 9.59 Å². The van der Waals surface area contributed by atoms with Crippen molar-refractivity contribution in [3.05, 3.63) is 29.8 Å². The van der Waals surface area contributed by atoms with Crippen molar-refractivity contribution < 1.29 is 24.2 Å². The molecule has 0 heterocycles. The molecule has 7 heteroatoms. The smallest absolute Gasteiger partial charge is 0.325 e. The van der Waals surface area contributed by atoms with Gasteiger partial charge in [0.2, 0.25) is 5.91 Å². The van der Waals surface area contributed by atoms with Crippen LogP contribution in [0.15, 0.2) is 24.3 Å². The summed E-state index contributed by atoms with van der Waals surface area (Å²) in [6.07, 6.45) is 0. The molecular formula is C17H24N2O5. The molecule has 0 aliphatic heterocycles. The van der Waals surface area contributed by atoms with Crippen molar-refractivity contribution in [2.24, 2.45) is 5.92 Å². The molecule has 0 fully saturated rings. The van der Waals surface area contributed by atoms with E-state index in [1.807, 2.05) is 6.92 Å². The number of hydrogen-bond acceptors (Lipinski definition) is 4. The molecule has 0 spiro atoms. The fraction of sp³-hybridized carbons (Fsp3) is 0.471. The molecule has 1 rings (SSSR count). The quantitative estimate of drug-likeness (QED) is 0.666. The van der Waals surface area contributed by atoms with Crippen molar-refractivity contribution in [3.63, 3.8) is 0 Å². The minimum absolute atomic E-state index is 0.197. The van der Waals surface area contributed by atoms with Crippen LogP contribution in [-0.4, -0.2) is 41.6 Å². The monoisotopic (exact) mass is 336 g/mol. The Morgan fingerprint density at radius 3 is 2.12 bits per heavy atom. The average molecular weight is 336 g/mol. The molecule has 0 aliphatic rings. The highest BCUT2D eigenvalue weighted by atomic mass is 16.5. The summed E-state index contributed by atoms with van der Waals surface area (Å²) in [5.41, 5.74) is 0.392. The predicted octanol–water partition coefficient (Wildman–Crippen LogP) is 1.43. The molecule has 0 aliphatic carbocycles. The number of amides is 2. The van der Waals surface area contributed by atoms with Crippen LogP contribution in [0.1, 0.15) is 38.1 Å². The number of rotatable bonds is 8. The number of carbonyl (C=O) groups is 3. The molecule has 1 aromatic carbocycles. The molecule has 0 bridgehead atoms. The van der Waals surface area contributed by atoms with Crippen molar-refractivity contribution >= 4 is 17.8 Å². The molecular weight excluding hydrogens is 312 g/mol. The van der Waals surface area contributed by atoms with Crippen LogP contribution in [0.3, 0.4) is 0 Å². The number of hydrogen-bond donors (Lipinski definition) is 3. The Balaban J connectivity index is 2.78. The summed E-state index contributed by atoms with van der Waals surface area (Å²) < 4.78 is 5.31. The molecule has 2 amide bonds. The number of ether oxygens (including phenoxy) is 1. The molecule has 3 N–H and O–H groups in total. The summed E-state index contributed by atoms with van der Waals surface area (Å²) >= 11 is 0. The van der Waals surface area contributed by atoms with E-state index in [4.69, 9.17) is 9.84 Å². The fourth-order valence-electron chi connectivity index (χ4n) is 1.99. The van der Waals surface area contributed by atoms with Crippen LogP contribution in [0, 0.1) is 5.92 Å². The summed E-state index contributed by atoms with van der Waals surface area (Å²) in [6, 6.07) is 4.71. The van der Waals surface area contributed by atoms with E-state index in [2.05, 4.69) is 10.6 Å². The highest BCUT2D eigenvalue weighted by Crippen LogP contribution is 2.13. The lowest BCUT2D eigenvalue weighted by atomic mass is 10.0. The topological polar surface area (TPSA) is 105 Å². The van der Waals surface area contributed by atoms with Crippen LogP contribution in [0.5, 0.6) is 5.75 Å². The van der Waals surface area contributed by atoms with Gasteiger partial charge >= 0.3 is 5.97 Å². The van der Waals surface area contributed by atoms with Gasteiger partial charge in [0.05, 0.1) is 6.61 Å². The molecule has 0 aromatic heterocycles. The van der Waals surface area contributed by atoms with E-state index >= 15 is 0 Å². The van der Waals surface area contributed by atoms with Gasteiger partial charge < -0.3 is 20.5 Å². The van der Waals surface area contributed by atoms with E-state index in [-0.39, 0.29) is 5.92 Å². The Hall–Kier alpha value is -2.57. The lowest BCUT2D eigenvalue weighted by Crippen LogP contribution is -2.53. The largest absolute Gasteiger partial charge is 0.494 e. The van der Waals surface area contributed by atoms with Crippen molar-refractivity contribution in [3.8, 4) is 5.75 Å². The van der Waals surface area contributed by atoms with Crippen LogP contribution < -0.4 is 15.4 Å². The van der Waals surface area contributed by atoms with Gasteiger partial charge in [-0.25, -0.2) is 0 Å². The Labute approximate surface area is 141 Å². The maximum absolute atomic E-state index is 12.3. The third-order valence-corrected chi connectivity index (χ3v) is 3.39. The third kappa shape index (κ3) is 5.57. The van der Waals surface area contributed by atoms with E-state index < -0.39 is 29.9 Å². The zero-order valence-electron chi connectivity index (χ0n) is 14.3. The third-order valence-electron chi connectivity index (χ3n) is 3.39. The first-order chi connectivity index (χ1) is 11.3. The van der Waals surface area contributed by atoms with Gasteiger partial charge in [-0.3, -0.25) is 14.4 Å². The highest BCUT2D eigenvalue weighted by molar-refractivity contribution is 5.98. The van der Waals surface area contributed by atoms with Gasteiger partial charge in [-0.2, -0.15) is 0 Å². The molecule has 132 valence electrons. The number of carbonyl (C=O) groups excluding carboxylic acids is 2. The van der Waals surface area contributed by atoms with Gasteiger partial charge in [0.25, 0.3) is 5.91 Å². The zero-order chi connectivity index (χ0) is 18.3. The van der Waals surface area contributed by atoms with Crippen molar-refractivity contribution in [1.29, 1.82) is 0 Å². The summed E-state index contributed by atoms with van der Waals surface area (Å²) in [5, 5.41) is 13.9. The maximum Gasteiger partial charge on any atom is 0.325 e. The number of carboxylic acid groups (broad SMARTS) is 1. The van der Waals surface area contributed by atoms with Crippen molar-refractivity contribution in [2.75, 3.05) is 6.61 Å².